The van der Waals surface area contributed by atoms with Gasteiger partial charge in [-0.3, -0.25) is 0 Å². The molecule has 0 aliphatic carbocycles. The van der Waals surface area contributed by atoms with Crippen molar-refractivity contribution in [2.24, 2.45) is 0 Å². The third-order valence-corrected chi connectivity index (χ3v) is 2.86. The molecule has 0 heterocycles. The molecule has 0 saturated heterocycles. The summed E-state index contributed by atoms with van der Waals surface area (Å²) in [5.41, 5.74) is 5.22. The van der Waals surface area contributed by atoms with E-state index in [1.165, 1.54) is 11.1 Å². The molecule has 0 bridgehead atoms. The van der Waals surface area contributed by atoms with Crippen LogP contribution in [0.15, 0.2) is 42.5 Å². The van der Waals surface area contributed by atoms with Gasteiger partial charge in [0.2, 0.25) is 0 Å². The predicted molar refractivity (Wildman–Crippen MR) is 74.4 cm³/mol. The summed E-state index contributed by atoms with van der Waals surface area (Å²) in [7, 11) is 0. The van der Waals surface area contributed by atoms with Crippen molar-refractivity contribution in [1.82, 2.24) is 0 Å². The van der Waals surface area contributed by atoms with E-state index in [1.54, 1.807) is 0 Å². The minimum absolute atomic E-state index is 0.688. The Morgan fingerprint density at radius 3 is 2.56 bits per heavy atom. The molecule has 2 nitrogen and oxygen atoms in total. The van der Waals surface area contributed by atoms with Gasteiger partial charge in [-0.05, 0) is 37.1 Å². The number of hydrogen-bond acceptors (Lipinski definition) is 2. The van der Waals surface area contributed by atoms with Crippen LogP contribution in [0.25, 0.3) is 0 Å². The standard InChI is InChI=1S/C16H16N2/c1-12-4-3-5-14(8-12)11-18-16-9-13(2)6-7-15(16)10-17/h3-9,18H,11H2,1-2H3. The van der Waals surface area contributed by atoms with Gasteiger partial charge in [-0.15, -0.1) is 0 Å². The second-order valence-electron chi connectivity index (χ2n) is 4.50. The van der Waals surface area contributed by atoms with Crippen molar-refractivity contribution in [3.05, 3.63) is 64.7 Å². The Bertz CT molecular complexity index is 594. The molecule has 0 aliphatic heterocycles. The Kier molecular flexibility index (Phi) is 3.64. The number of nitrogens with zero attached hydrogens (tertiary/aromatic N) is 1. The third kappa shape index (κ3) is 2.89. The summed E-state index contributed by atoms with van der Waals surface area (Å²) >= 11 is 0. The molecule has 18 heavy (non-hydrogen) atoms. The van der Waals surface area contributed by atoms with Gasteiger partial charge in [0.25, 0.3) is 0 Å². The maximum atomic E-state index is 9.06. The Labute approximate surface area is 108 Å². The topological polar surface area (TPSA) is 35.8 Å². The van der Waals surface area contributed by atoms with E-state index in [9.17, 15) is 0 Å². The van der Waals surface area contributed by atoms with Crippen molar-refractivity contribution in [2.45, 2.75) is 20.4 Å². The molecule has 0 unspecified atom stereocenters. The van der Waals surface area contributed by atoms with Gasteiger partial charge in [0.1, 0.15) is 6.07 Å². The van der Waals surface area contributed by atoms with Crippen LogP contribution in [0, 0.1) is 25.2 Å². The molecular formula is C16H16N2. The average Bonchev–Trinajstić information content (AvgIpc) is 2.37. The van der Waals surface area contributed by atoms with E-state index in [0.29, 0.717) is 5.56 Å². The van der Waals surface area contributed by atoms with Crippen LogP contribution in [0.2, 0.25) is 0 Å². The number of anilines is 1. The first kappa shape index (κ1) is 12.2. The minimum atomic E-state index is 0.688. The maximum Gasteiger partial charge on any atom is 0.101 e. The molecule has 2 aromatic carbocycles. The van der Waals surface area contributed by atoms with E-state index in [-0.39, 0.29) is 0 Å². The number of nitrogens with one attached hydrogen (secondary N) is 1. The molecular weight excluding hydrogens is 220 g/mol. The van der Waals surface area contributed by atoms with E-state index in [0.717, 1.165) is 17.8 Å². The lowest BCUT2D eigenvalue weighted by molar-refractivity contribution is 1.13. The Balaban J connectivity index is 2.15. The molecule has 0 saturated carbocycles. The minimum Gasteiger partial charge on any atom is -0.380 e. The van der Waals surface area contributed by atoms with Gasteiger partial charge in [-0.2, -0.15) is 5.26 Å². The molecule has 0 atom stereocenters. The van der Waals surface area contributed by atoms with E-state index in [4.69, 9.17) is 5.26 Å². The fourth-order valence-electron chi connectivity index (χ4n) is 1.92. The zero-order valence-electron chi connectivity index (χ0n) is 10.7. The third-order valence-electron chi connectivity index (χ3n) is 2.86. The highest BCUT2D eigenvalue weighted by atomic mass is 14.9. The molecule has 0 aromatic heterocycles. The number of aryl methyl sites for hydroxylation is 2. The van der Waals surface area contributed by atoms with Crippen molar-refractivity contribution < 1.29 is 0 Å². The van der Waals surface area contributed by atoms with Gasteiger partial charge in [0, 0.05) is 6.54 Å². The van der Waals surface area contributed by atoms with Crippen LogP contribution in [0.4, 0.5) is 5.69 Å². The number of nitriles is 1. The summed E-state index contributed by atoms with van der Waals surface area (Å²) in [6.45, 7) is 4.84. The predicted octanol–water partition coefficient (Wildman–Crippen LogP) is 3.79. The molecule has 0 aliphatic rings. The summed E-state index contributed by atoms with van der Waals surface area (Å²) in [6.07, 6.45) is 0. The molecule has 0 fully saturated rings. The Morgan fingerprint density at radius 2 is 1.83 bits per heavy atom. The first-order chi connectivity index (χ1) is 8.69. The van der Waals surface area contributed by atoms with Gasteiger partial charge in [0.15, 0.2) is 0 Å². The molecule has 0 radical (unpaired) electrons. The average molecular weight is 236 g/mol. The maximum absolute atomic E-state index is 9.06. The van der Waals surface area contributed by atoms with Gasteiger partial charge in [-0.1, -0.05) is 35.9 Å². The van der Waals surface area contributed by atoms with Crippen LogP contribution >= 0.6 is 0 Å². The van der Waals surface area contributed by atoms with Gasteiger partial charge in [0.05, 0.1) is 11.3 Å². The van der Waals surface area contributed by atoms with E-state index >= 15 is 0 Å². The smallest absolute Gasteiger partial charge is 0.101 e. The number of hydrogen-bond donors (Lipinski definition) is 1. The molecule has 2 heteroatoms. The zero-order valence-corrected chi connectivity index (χ0v) is 10.7. The van der Waals surface area contributed by atoms with Crippen LogP contribution in [-0.4, -0.2) is 0 Å². The summed E-state index contributed by atoms with van der Waals surface area (Å²) in [6, 6.07) is 16.4. The summed E-state index contributed by atoms with van der Waals surface area (Å²) in [5.74, 6) is 0. The van der Waals surface area contributed by atoms with Gasteiger partial charge >= 0.3 is 0 Å². The highest BCUT2D eigenvalue weighted by Gasteiger charge is 2.01. The van der Waals surface area contributed by atoms with Crippen LogP contribution in [0.3, 0.4) is 0 Å². The lowest BCUT2D eigenvalue weighted by atomic mass is 10.1. The second kappa shape index (κ2) is 5.37. The largest absolute Gasteiger partial charge is 0.380 e. The van der Waals surface area contributed by atoms with Gasteiger partial charge in [-0.25, -0.2) is 0 Å². The van der Waals surface area contributed by atoms with Crippen molar-refractivity contribution in [1.29, 1.82) is 5.26 Å². The SMILES string of the molecule is Cc1cccc(CNc2cc(C)ccc2C#N)c1. The fourth-order valence-corrected chi connectivity index (χ4v) is 1.92. The van der Waals surface area contributed by atoms with Crippen LogP contribution in [0.1, 0.15) is 22.3 Å². The van der Waals surface area contributed by atoms with Crippen LogP contribution in [0.5, 0.6) is 0 Å². The number of rotatable bonds is 3. The summed E-state index contributed by atoms with van der Waals surface area (Å²) in [4.78, 5) is 0. The highest BCUT2D eigenvalue weighted by molar-refractivity contribution is 5.59. The van der Waals surface area contributed by atoms with E-state index in [2.05, 4.69) is 36.5 Å². The Morgan fingerprint density at radius 1 is 1.06 bits per heavy atom. The van der Waals surface area contributed by atoms with Crippen LogP contribution < -0.4 is 5.32 Å². The molecule has 1 N–H and O–H groups in total. The zero-order chi connectivity index (χ0) is 13.0. The monoisotopic (exact) mass is 236 g/mol. The fraction of sp³-hybridized carbons (Fsp3) is 0.188. The summed E-state index contributed by atoms with van der Waals surface area (Å²) in [5, 5.41) is 12.4. The van der Waals surface area contributed by atoms with Gasteiger partial charge < -0.3 is 5.32 Å². The molecule has 0 spiro atoms. The number of benzene rings is 2. The first-order valence-corrected chi connectivity index (χ1v) is 5.99. The molecule has 2 rings (SSSR count). The van der Waals surface area contributed by atoms with Crippen molar-refractivity contribution in [3.63, 3.8) is 0 Å². The quantitative estimate of drug-likeness (QED) is 0.880. The highest BCUT2D eigenvalue weighted by Crippen LogP contribution is 2.17. The van der Waals surface area contributed by atoms with E-state index in [1.807, 2.05) is 31.2 Å². The second-order valence-corrected chi connectivity index (χ2v) is 4.50. The first-order valence-electron chi connectivity index (χ1n) is 5.99. The lowest BCUT2D eigenvalue weighted by Crippen LogP contribution is -2.01. The van der Waals surface area contributed by atoms with E-state index < -0.39 is 0 Å². The molecule has 2 aromatic rings. The Hall–Kier alpha value is -2.27. The van der Waals surface area contributed by atoms with Crippen molar-refractivity contribution >= 4 is 5.69 Å². The summed E-state index contributed by atoms with van der Waals surface area (Å²) < 4.78 is 0. The van der Waals surface area contributed by atoms with Crippen LogP contribution in [-0.2, 0) is 6.54 Å². The lowest BCUT2D eigenvalue weighted by Gasteiger charge is -2.09. The van der Waals surface area contributed by atoms with Crippen molar-refractivity contribution in [3.8, 4) is 6.07 Å². The molecule has 0 amide bonds. The molecule has 90 valence electrons. The normalized spacial score (nSPS) is 9.83. The van der Waals surface area contributed by atoms with Crippen molar-refractivity contribution in [2.75, 3.05) is 5.32 Å².